The number of rotatable bonds is 3. The van der Waals surface area contributed by atoms with E-state index < -0.39 is 0 Å². The average Bonchev–Trinajstić information content (AvgIpc) is 3.06. The number of benzene rings is 1. The van der Waals surface area contributed by atoms with Crippen molar-refractivity contribution in [1.82, 2.24) is 10.3 Å². The van der Waals surface area contributed by atoms with Crippen LogP contribution in [0, 0.1) is 13.8 Å². The number of hydrogen-bond donors (Lipinski definition) is 1. The van der Waals surface area contributed by atoms with Crippen LogP contribution >= 0.6 is 23.1 Å². The summed E-state index contributed by atoms with van der Waals surface area (Å²) in [7, 11) is 0. The second kappa shape index (κ2) is 6.20. The van der Waals surface area contributed by atoms with Crippen LogP contribution in [-0.2, 0) is 0 Å². The number of aliphatic imine (C=N–C) groups is 1. The Morgan fingerprint density at radius 1 is 1.24 bits per heavy atom. The number of nitrogens with one attached hydrogen (secondary N) is 1. The molecule has 1 aromatic heterocycles. The Hall–Kier alpha value is -1.33. The maximum Gasteiger partial charge on any atom is 0.157 e. The number of aromatic nitrogens is 1. The van der Waals surface area contributed by atoms with Gasteiger partial charge in [0, 0.05) is 10.6 Å². The Bertz CT molecular complexity index is 649. The van der Waals surface area contributed by atoms with Crippen molar-refractivity contribution in [1.29, 1.82) is 0 Å². The zero-order valence-corrected chi connectivity index (χ0v) is 14.1. The molecule has 0 bridgehead atoms. The van der Waals surface area contributed by atoms with Gasteiger partial charge in [-0.05, 0) is 26.3 Å². The SMILES string of the molecule is Cc1nc(C)c(C(C)NC2=NC(c3ccccc3)CS2)s1. The number of amidine groups is 1. The highest BCUT2D eigenvalue weighted by atomic mass is 32.2. The van der Waals surface area contributed by atoms with Crippen LogP contribution in [0.3, 0.4) is 0 Å². The molecule has 110 valence electrons. The molecule has 2 unspecified atom stereocenters. The van der Waals surface area contributed by atoms with E-state index in [4.69, 9.17) is 4.99 Å². The lowest BCUT2D eigenvalue weighted by molar-refractivity contribution is 0.723. The maximum absolute atomic E-state index is 4.81. The van der Waals surface area contributed by atoms with Gasteiger partial charge in [0.15, 0.2) is 5.17 Å². The van der Waals surface area contributed by atoms with Crippen molar-refractivity contribution in [3.8, 4) is 0 Å². The summed E-state index contributed by atoms with van der Waals surface area (Å²) in [4.78, 5) is 10.6. The van der Waals surface area contributed by atoms with Crippen LogP contribution in [0.2, 0.25) is 0 Å². The highest BCUT2D eigenvalue weighted by molar-refractivity contribution is 8.14. The van der Waals surface area contributed by atoms with Crippen LogP contribution in [0.15, 0.2) is 35.3 Å². The molecule has 2 aromatic rings. The third kappa shape index (κ3) is 3.30. The fourth-order valence-electron chi connectivity index (χ4n) is 2.50. The molecule has 1 N–H and O–H groups in total. The molecule has 0 spiro atoms. The quantitative estimate of drug-likeness (QED) is 0.919. The molecule has 0 aliphatic carbocycles. The molecular formula is C16H19N3S2. The summed E-state index contributed by atoms with van der Waals surface area (Å²) >= 11 is 3.57. The van der Waals surface area contributed by atoms with Crippen molar-refractivity contribution in [2.24, 2.45) is 4.99 Å². The molecule has 1 aromatic carbocycles. The van der Waals surface area contributed by atoms with E-state index in [1.54, 1.807) is 23.1 Å². The van der Waals surface area contributed by atoms with E-state index in [0.29, 0.717) is 0 Å². The van der Waals surface area contributed by atoms with Crippen molar-refractivity contribution in [2.75, 3.05) is 5.75 Å². The van der Waals surface area contributed by atoms with Crippen molar-refractivity contribution in [3.63, 3.8) is 0 Å². The van der Waals surface area contributed by atoms with Gasteiger partial charge in [-0.25, -0.2) is 4.98 Å². The van der Waals surface area contributed by atoms with Crippen LogP contribution in [-0.4, -0.2) is 15.9 Å². The first-order valence-corrected chi connectivity index (χ1v) is 8.89. The summed E-state index contributed by atoms with van der Waals surface area (Å²) in [5.74, 6) is 1.01. The van der Waals surface area contributed by atoms with E-state index in [0.717, 1.165) is 21.6 Å². The minimum absolute atomic E-state index is 0.261. The number of nitrogens with zero attached hydrogens (tertiary/aromatic N) is 2. The summed E-state index contributed by atoms with van der Waals surface area (Å²) in [6, 6.07) is 11.0. The number of aryl methyl sites for hydroxylation is 2. The van der Waals surface area contributed by atoms with Gasteiger partial charge < -0.3 is 5.32 Å². The smallest absolute Gasteiger partial charge is 0.157 e. The summed E-state index contributed by atoms with van der Waals surface area (Å²) in [6.45, 7) is 6.31. The van der Waals surface area contributed by atoms with E-state index in [2.05, 4.69) is 55.3 Å². The van der Waals surface area contributed by atoms with Gasteiger partial charge in [0.2, 0.25) is 0 Å². The molecular weight excluding hydrogens is 298 g/mol. The topological polar surface area (TPSA) is 37.3 Å². The first-order chi connectivity index (χ1) is 10.1. The van der Waals surface area contributed by atoms with Gasteiger partial charge >= 0.3 is 0 Å². The van der Waals surface area contributed by atoms with Gasteiger partial charge in [-0.2, -0.15) is 0 Å². The van der Waals surface area contributed by atoms with Gasteiger partial charge in [-0.1, -0.05) is 42.1 Å². The fourth-order valence-corrected chi connectivity index (χ4v) is 4.47. The molecule has 2 heterocycles. The lowest BCUT2D eigenvalue weighted by atomic mass is 10.1. The fraction of sp³-hybridized carbons (Fsp3) is 0.375. The van der Waals surface area contributed by atoms with Crippen LogP contribution in [0.25, 0.3) is 0 Å². The molecule has 0 saturated carbocycles. The van der Waals surface area contributed by atoms with Crippen LogP contribution < -0.4 is 5.32 Å². The van der Waals surface area contributed by atoms with Gasteiger partial charge in [0.1, 0.15) is 0 Å². The first-order valence-electron chi connectivity index (χ1n) is 7.09. The second-order valence-corrected chi connectivity index (χ2v) is 7.46. The minimum atomic E-state index is 0.261. The average molecular weight is 317 g/mol. The molecule has 2 atom stereocenters. The molecule has 3 nitrogen and oxygen atoms in total. The summed E-state index contributed by atoms with van der Waals surface area (Å²) in [6.07, 6.45) is 0. The zero-order valence-electron chi connectivity index (χ0n) is 12.5. The largest absolute Gasteiger partial charge is 0.358 e. The van der Waals surface area contributed by atoms with Gasteiger partial charge in [0.05, 0.1) is 22.8 Å². The lowest BCUT2D eigenvalue weighted by Gasteiger charge is -2.13. The van der Waals surface area contributed by atoms with Crippen molar-refractivity contribution >= 4 is 28.3 Å². The monoisotopic (exact) mass is 317 g/mol. The van der Waals surface area contributed by atoms with Gasteiger partial charge in [-0.15, -0.1) is 11.3 Å². The lowest BCUT2D eigenvalue weighted by Crippen LogP contribution is -2.22. The summed E-state index contributed by atoms with van der Waals surface area (Å²) < 4.78 is 0. The predicted octanol–water partition coefficient (Wildman–Crippen LogP) is 4.25. The Labute approximate surface area is 133 Å². The molecule has 1 aliphatic rings. The Morgan fingerprint density at radius 3 is 2.67 bits per heavy atom. The summed E-state index contributed by atoms with van der Waals surface area (Å²) in [5, 5.41) is 5.70. The number of thioether (sulfide) groups is 1. The van der Waals surface area contributed by atoms with Crippen LogP contribution in [0.1, 0.15) is 40.1 Å². The Morgan fingerprint density at radius 2 is 2.00 bits per heavy atom. The van der Waals surface area contributed by atoms with E-state index in [1.165, 1.54) is 10.4 Å². The van der Waals surface area contributed by atoms with Gasteiger partial charge in [-0.3, -0.25) is 4.99 Å². The predicted molar refractivity (Wildman–Crippen MR) is 92.2 cm³/mol. The molecule has 0 fully saturated rings. The van der Waals surface area contributed by atoms with Crippen LogP contribution in [0.5, 0.6) is 0 Å². The molecule has 5 heteroatoms. The maximum atomic E-state index is 4.81. The molecule has 0 radical (unpaired) electrons. The molecule has 0 saturated heterocycles. The van der Waals surface area contributed by atoms with Crippen molar-refractivity contribution in [3.05, 3.63) is 51.5 Å². The Kier molecular flexibility index (Phi) is 4.31. The second-order valence-electron chi connectivity index (χ2n) is 5.22. The third-order valence-corrected chi connectivity index (χ3v) is 5.74. The number of thiazole rings is 1. The highest BCUT2D eigenvalue weighted by Crippen LogP contribution is 2.31. The molecule has 3 rings (SSSR count). The number of hydrogen-bond acceptors (Lipinski definition) is 5. The van der Waals surface area contributed by atoms with Crippen molar-refractivity contribution in [2.45, 2.75) is 32.9 Å². The van der Waals surface area contributed by atoms with Crippen molar-refractivity contribution < 1.29 is 0 Å². The van der Waals surface area contributed by atoms with E-state index in [1.807, 2.05) is 6.07 Å². The minimum Gasteiger partial charge on any atom is -0.358 e. The standard InChI is InChI=1S/C16H19N3S2/c1-10-15(21-12(3)17-10)11(2)18-16-19-14(9-20-16)13-7-5-4-6-8-13/h4-8,11,14H,9H2,1-3H3,(H,18,19). The van der Waals surface area contributed by atoms with Gasteiger partial charge in [0.25, 0.3) is 0 Å². The van der Waals surface area contributed by atoms with E-state index in [9.17, 15) is 0 Å². The molecule has 21 heavy (non-hydrogen) atoms. The molecule has 1 aliphatic heterocycles. The van der Waals surface area contributed by atoms with E-state index >= 15 is 0 Å². The van der Waals surface area contributed by atoms with Crippen LogP contribution in [0.4, 0.5) is 0 Å². The highest BCUT2D eigenvalue weighted by Gasteiger charge is 2.22. The zero-order chi connectivity index (χ0) is 14.8. The molecule has 0 amide bonds. The first kappa shape index (κ1) is 14.6. The summed E-state index contributed by atoms with van der Waals surface area (Å²) in [5.41, 5.74) is 2.42. The Balaban J connectivity index is 1.70. The normalized spacial score (nSPS) is 19.4. The van der Waals surface area contributed by atoms with E-state index in [-0.39, 0.29) is 12.1 Å². The third-order valence-electron chi connectivity index (χ3n) is 3.51.